The average molecular weight is 289 g/mol. The Labute approximate surface area is 125 Å². The molecule has 2 unspecified atom stereocenters. The van der Waals surface area contributed by atoms with Crippen LogP contribution in [0.2, 0.25) is 0 Å². The van der Waals surface area contributed by atoms with Crippen LogP contribution in [0.5, 0.6) is 0 Å². The minimum Gasteiger partial charge on any atom is -0.374 e. The molecule has 2 atom stereocenters. The van der Waals surface area contributed by atoms with Crippen LogP contribution in [-0.4, -0.2) is 49.2 Å². The van der Waals surface area contributed by atoms with E-state index in [0.29, 0.717) is 11.6 Å². The molecule has 2 heterocycles. The van der Waals surface area contributed by atoms with Crippen molar-refractivity contribution < 1.29 is 9.53 Å². The maximum atomic E-state index is 11.0. The van der Waals surface area contributed by atoms with Gasteiger partial charge in [0.15, 0.2) is 0 Å². The molecule has 5 heteroatoms. The third-order valence-electron chi connectivity index (χ3n) is 4.40. The average Bonchev–Trinajstić information content (AvgIpc) is 2.95. The molecule has 2 aliphatic rings. The van der Waals surface area contributed by atoms with Crippen molar-refractivity contribution in [1.29, 1.82) is 0 Å². The summed E-state index contributed by atoms with van der Waals surface area (Å²) in [7, 11) is 0. The molecular weight excluding hydrogens is 266 g/mol. The molecule has 0 aliphatic carbocycles. The molecule has 1 aromatic carbocycles. The Balaban J connectivity index is 1.42. The Morgan fingerprint density at radius 3 is 2.95 bits per heavy atom. The summed E-state index contributed by atoms with van der Waals surface area (Å²) in [4.78, 5) is 13.6. The van der Waals surface area contributed by atoms with Crippen LogP contribution in [0.1, 0.15) is 28.8 Å². The first kappa shape index (κ1) is 14.5. The lowest BCUT2D eigenvalue weighted by Gasteiger charge is -2.35. The number of nitrogens with one attached hydrogen (secondary N) is 1. The van der Waals surface area contributed by atoms with Crippen molar-refractivity contribution in [3.05, 3.63) is 35.4 Å². The van der Waals surface area contributed by atoms with Gasteiger partial charge in [0.25, 0.3) is 0 Å². The molecule has 2 saturated heterocycles. The molecule has 0 radical (unpaired) electrons. The number of fused-ring (bicyclic) bond motifs is 1. The smallest absolute Gasteiger partial charge is 0.248 e. The summed E-state index contributed by atoms with van der Waals surface area (Å²) in [6.07, 6.45) is 2.87. The quantitative estimate of drug-likeness (QED) is 0.839. The molecule has 1 aromatic rings. The second kappa shape index (κ2) is 6.56. The zero-order valence-electron chi connectivity index (χ0n) is 12.3. The number of nitrogens with zero attached hydrogens (tertiary/aromatic N) is 1. The summed E-state index contributed by atoms with van der Waals surface area (Å²) < 4.78 is 5.92. The fourth-order valence-electron chi connectivity index (χ4n) is 3.17. The van der Waals surface area contributed by atoms with E-state index in [1.165, 1.54) is 19.4 Å². The highest BCUT2D eigenvalue weighted by atomic mass is 16.5. The van der Waals surface area contributed by atoms with Gasteiger partial charge in [-0.1, -0.05) is 12.1 Å². The van der Waals surface area contributed by atoms with Gasteiger partial charge >= 0.3 is 0 Å². The normalized spacial score (nSPS) is 25.7. The lowest BCUT2D eigenvalue weighted by atomic mass is 10.1. The van der Waals surface area contributed by atoms with Crippen LogP contribution < -0.4 is 11.1 Å². The number of ether oxygens (including phenoxy) is 1. The number of amides is 1. The van der Waals surface area contributed by atoms with Crippen LogP contribution in [-0.2, 0) is 11.3 Å². The number of rotatable bonds is 5. The molecule has 0 bridgehead atoms. The van der Waals surface area contributed by atoms with E-state index < -0.39 is 0 Å². The van der Waals surface area contributed by atoms with Gasteiger partial charge in [-0.15, -0.1) is 0 Å². The predicted octanol–water partition coefficient (Wildman–Crippen LogP) is 0.738. The second-order valence-corrected chi connectivity index (χ2v) is 5.94. The number of carbonyl (C=O) groups is 1. The van der Waals surface area contributed by atoms with E-state index in [1.807, 2.05) is 12.1 Å². The minimum atomic E-state index is -0.384. The van der Waals surface area contributed by atoms with Gasteiger partial charge in [-0.3, -0.25) is 9.69 Å². The van der Waals surface area contributed by atoms with Crippen molar-refractivity contribution in [2.45, 2.75) is 31.5 Å². The SMILES string of the molecule is NC(=O)c1ccc(CNCC2CN3CCCC3CO2)cc1. The fourth-order valence-corrected chi connectivity index (χ4v) is 3.17. The monoisotopic (exact) mass is 289 g/mol. The van der Waals surface area contributed by atoms with Crippen molar-refractivity contribution in [3.8, 4) is 0 Å². The Kier molecular flexibility index (Phi) is 4.53. The highest BCUT2D eigenvalue weighted by molar-refractivity contribution is 5.92. The van der Waals surface area contributed by atoms with Gasteiger partial charge in [-0.2, -0.15) is 0 Å². The number of carbonyl (C=O) groups excluding carboxylic acids is 1. The Morgan fingerprint density at radius 1 is 1.38 bits per heavy atom. The molecule has 0 saturated carbocycles. The molecule has 3 rings (SSSR count). The maximum absolute atomic E-state index is 11.0. The van der Waals surface area contributed by atoms with Crippen LogP contribution in [0.3, 0.4) is 0 Å². The summed E-state index contributed by atoms with van der Waals surface area (Å²) in [6.45, 7) is 4.78. The van der Waals surface area contributed by atoms with Gasteiger partial charge in [0.2, 0.25) is 5.91 Å². The van der Waals surface area contributed by atoms with Crippen molar-refractivity contribution in [2.75, 3.05) is 26.2 Å². The van der Waals surface area contributed by atoms with E-state index >= 15 is 0 Å². The van der Waals surface area contributed by atoms with Gasteiger partial charge in [-0.05, 0) is 37.1 Å². The Hall–Kier alpha value is -1.43. The van der Waals surface area contributed by atoms with Crippen LogP contribution in [0.15, 0.2) is 24.3 Å². The topological polar surface area (TPSA) is 67.6 Å². The van der Waals surface area contributed by atoms with E-state index in [9.17, 15) is 4.79 Å². The first-order valence-electron chi connectivity index (χ1n) is 7.67. The van der Waals surface area contributed by atoms with E-state index in [0.717, 1.165) is 31.8 Å². The molecule has 0 aromatic heterocycles. The molecule has 3 N–H and O–H groups in total. The van der Waals surface area contributed by atoms with Crippen molar-refractivity contribution >= 4 is 5.91 Å². The molecule has 5 nitrogen and oxygen atoms in total. The largest absolute Gasteiger partial charge is 0.374 e. The first-order valence-corrected chi connectivity index (χ1v) is 7.67. The van der Waals surface area contributed by atoms with E-state index in [1.54, 1.807) is 12.1 Å². The summed E-state index contributed by atoms with van der Waals surface area (Å²) in [5, 5.41) is 3.43. The number of hydrogen-bond donors (Lipinski definition) is 2. The Morgan fingerprint density at radius 2 is 2.19 bits per heavy atom. The van der Waals surface area contributed by atoms with Gasteiger partial charge < -0.3 is 15.8 Å². The van der Waals surface area contributed by atoms with Gasteiger partial charge in [0.05, 0.1) is 12.7 Å². The minimum absolute atomic E-state index is 0.282. The molecular formula is C16H23N3O2. The van der Waals surface area contributed by atoms with Crippen LogP contribution in [0.4, 0.5) is 0 Å². The highest BCUT2D eigenvalue weighted by Gasteiger charge is 2.31. The van der Waals surface area contributed by atoms with Crippen LogP contribution >= 0.6 is 0 Å². The number of morpholine rings is 1. The summed E-state index contributed by atoms with van der Waals surface area (Å²) in [5.41, 5.74) is 6.93. The van der Waals surface area contributed by atoms with Gasteiger partial charge in [0.1, 0.15) is 0 Å². The number of nitrogens with two attached hydrogens (primary N) is 1. The third kappa shape index (κ3) is 3.61. The van der Waals surface area contributed by atoms with Gasteiger partial charge in [0, 0.05) is 31.2 Å². The van der Waals surface area contributed by atoms with Crippen molar-refractivity contribution in [2.24, 2.45) is 5.73 Å². The standard InChI is InChI=1S/C16H23N3O2/c17-16(20)13-5-3-12(4-6-13)8-18-9-15-10-19-7-1-2-14(19)11-21-15/h3-6,14-15,18H,1-2,7-11H2,(H2,17,20). The Bertz CT molecular complexity index is 489. The number of benzene rings is 1. The summed E-state index contributed by atoms with van der Waals surface area (Å²) >= 11 is 0. The molecule has 2 aliphatic heterocycles. The fraction of sp³-hybridized carbons (Fsp3) is 0.562. The van der Waals surface area contributed by atoms with Crippen LogP contribution in [0.25, 0.3) is 0 Å². The lowest BCUT2D eigenvalue weighted by molar-refractivity contribution is -0.0470. The molecule has 2 fully saturated rings. The highest BCUT2D eigenvalue weighted by Crippen LogP contribution is 2.22. The van der Waals surface area contributed by atoms with Crippen LogP contribution in [0, 0.1) is 0 Å². The molecule has 21 heavy (non-hydrogen) atoms. The molecule has 114 valence electrons. The summed E-state index contributed by atoms with van der Waals surface area (Å²) in [6, 6.07) is 8.07. The molecule has 1 amide bonds. The molecule has 0 spiro atoms. The van der Waals surface area contributed by atoms with Crippen molar-refractivity contribution in [3.63, 3.8) is 0 Å². The van der Waals surface area contributed by atoms with E-state index in [4.69, 9.17) is 10.5 Å². The second-order valence-electron chi connectivity index (χ2n) is 5.94. The van der Waals surface area contributed by atoms with Crippen molar-refractivity contribution in [1.82, 2.24) is 10.2 Å². The number of hydrogen-bond acceptors (Lipinski definition) is 4. The predicted molar refractivity (Wildman–Crippen MR) is 81.0 cm³/mol. The van der Waals surface area contributed by atoms with Gasteiger partial charge in [-0.25, -0.2) is 0 Å². The van der Waals surface area contributed by atoms with E-state index in [-0.39, 0.29) is 12.0 Å². The lowest BCUT2D eigenvalue weighted by Crippen LogP contribution is -2.49. The maximum Gasteiger partial charge on any atom is 0.248 e. The zero-order chi connectivity index (χ0) is 14.7. The summed E-state index contributed by atoms with van der Waals surface area (Å²) in [5.74, 6) is -0.384. The third-order valence-corrected chi connectivity index (χ3v) is 4.40. The first-order chi connectivity index (χ1) is 10.2. The number of primary amides is 1. The zero-order valence-corrected chi connectivity index (χ0v) is 12.3. The van der Waals surface area contributed by atoms with E-state index in [2.05, 4.69) is 10.2 Å².